The maximum absolute atomic E-state index is 10.5. The molecule has 0 saturated carbocycles. The third-order valence-electron chi connectivity index (χ3n) is 1.50. The lowest BCUT2D eigenvalue weighted by atomic mass is 10.2. The fourth-order valence-corrected chi connectivity index (χ4v) is 1.59. The molecular formula is C7H5BrClNO2. The van der Waals surface area contributed by atoms with E-state index in [1.54, 1.807) is 19.1 Å². The maximum atomic E-state index is 10.5. The standard InChI is InChI=1S/C7H5BrClNO2/c1-4-6(9)3-2-5(8)7(4)10(11)12/h2-3H,1H3. The van der Waals surface area contributed by atoms with Crippen molar-refractivity contribution in [2.45, 2.75) is 6.92 Å². The minimum absolute atomic E-state index is 0.0301. The summed E-state index contributed by atoms with van der Waals surface area (Å²) in [5.41, 5.74) is 0.513. The zero-order valence-corrected chi connectivity index (χ0v) is 8.52. The fraction of sp³-hybridized carbons (Fsp3) is 0.143. The van der Waals surface area contributed by atoms with Crippen LogP contribution in [-0.2, 0) is 0 Å². The number of hydrogen-bond donors (Lipinski definition) is 0. The van der Waals surface area contributed by atoms with Crippen LogP contribution in [0.2, 0.25) is 5.02 Å². The van der Waals surface area contributed by atoms with Crippen molar-refractivity contribution in [3.8, 4) is 0 Å². The Morgan fingerprint density at radius 3 is 2.58 bits per heavy atom. The average molecular weight is 250 g/mol. The van der Waals surface area contributed by atoms with Crippen LogP contribution in [0.3, 0.4) is 0 Å². The number of nitro benzene ring substituents is 1. The molecule has 0 aliphatic rings. The van der Waals surface area contributed by atoms with Crippen LogP contribution in [0.1, 0.15) is 5.56 Å². The van der Waals surface area contributed by atoms with Crippen molar-refractivity contribution in [2.75, 3.05) is 0 Å². The molecule has 1 aromatic carbocycles. The molecule has 0 aliphatic heterocycles. The first kappa shape index (κ1) is 9.48. The van der Waals surface area contributed by atoms with Gasteiger partial charge in [-0.3, -0.25) is 10.1 Å². The van der Waals surface area contributed by atoms with Crippen molar-refractivity contribution >= 4 is 33.2 Å². The Morgan fingerprint density at radius 2 is 2.17 bits per heavy atom. The number of nitrogens with zero attached hydrogens (tertiary/aromatic N) is 1. The van der Waals surface area contributed by atoms with E-state index in [0.717, 1.165) is 0 Å². The van der Waals surface area contributed by atoms with Crippen LogP contribution in [-0.4, -0.2) is 4.92 Å². The Kier molecular flexibility index (Phi) is 2.69. The third-order valence-corrected chi connectivity index (χ3v) is 2.55. The third kappa shape index (κ3) is 1.59. The van der Waals surface area contributed by atoms with Crippen LogP contribution in [0.15, 0.2) is 16.6 Å². The summed E-state index contributed by atoms with van der Waals surface area (Å²) in [5, 5.41) is 10.9. The Hall–Kier alpha value is -0.610. The first-order valence-corrected chi connectivity index (χ1v) is 4.30. The van der Waals surface area contributed by atoms with Crippen LogP contribution in [0.25, 0.3) is 0 Å². The Morgan fingerprint density at radius 1 is 1.58 bits per heavy atom. The quantitative estimate of drug-likeness (QED) is 0.567. The van der Waals surface area contributed by atoms with Gasteiger partial charge in [-0.2, -0.15) is 0 Å². The number of rotatable bonds is 1. The molecule has 0 aliphatic carbocycles. The summed E-state index contributed by atoms with van der Waals surface area (Å²) in [6, 6.07) is 3.18. The summed E-state index contributed by atoms with van der Waals surface area (Å²) >= 11 is 8.79. The molecule has 0 N–H and O–H groups in total. The molecule has 0 fully saturated rings. The van der Waals surface area contributed by atoms with Crippen LogP contribution < -0.4 is 0 Å². The van der Waals surface area contributed by atoms with Crippen molar-refractivity contribution in [2.24, 2.45) is 0 Å². The van der Waals surface area contributed by atoms with Gasteiger partial charge in [0, 0.05) is 5.56 Å². The van der Waals surface area contributed by atoms with E-state index < -0.39 is 4.92 Å². The Bertz CT molecular complexity index is 340. The van der Waals surface area contributed by atoms with E-state index in [0.29, 0.717) is 15.1 Å². The number of benzene rings is 1. The van der Waals surface area contributed by atoms with Gasteiger partial charge in [0.2, 0.25) is 0 Å². The van der Waals surface area contributed by atoms with Gasteiger partial charge in [0.05, 0.1) is 14.4 Å². The summed E-state index contributed by atoms with van der Waals surface area (Å²) < 4.78 is 0.453. The van der Waals surface area contributed by atoms with Crippen molar-refractivity contribution in [3.63, 3.8) is 0 Å². The van der Waals surface area contributed by atoms with Crippen molar-refractivity contribution in [1.29, 1.82) is 0 Å². The van der Waals surface area contributed by atoms with Gasteiger partial charge in [-0.05, 0) is 35.0 Å². The first-order chi connectivity index (χ1) is 5.54. The molecule has 1 aromatic rings. The zero-order chi connectivity index (χ0) is 9.30. The number of hydrogen-bond acceptors (Lipinski definition) is 2. The number of nitro groups is 1. The molecule has 3 nitrogen and oxygen atoms in total. The van der Waals surface area contributed by atoms with Crippen molar-refractivity contribution < 1.29 is 4.92 Å². The smallest absolute Gasteiger partial charge is 0.258 e. The lowest BCUT2D eigenvalue weighted by Gasteiger charge is -2.00. The van der Waals surface area contributed by atoms with E-state index in [4.69, 9.17) is 11.6 Å². The van der Waals surface area contributed by atoms with Crippen LogP contribution in [0.4, 0.5) is 5.69 Å². The van der Waals surface area contributed by atoms with Gasteiger partial charge in [-0.25, -0.2) is 0 Å². The van der Waals surface area contributed by atoms with E-state index in [2.05, 4.69) is 15.9 Å². The monoisotopic (exact) mass is 249 g/mol. The Labute approximate surface area is 82.6 Å². The van der Waals surface area contributed by atoms with Gasteiger partial charge in [0.1, 0.15) is 0 Å². The van der Waals surface area contributed by atoms with Gasteiger partial charge in [0.15, 0.2) is 0 Å². The lowest BCUT2D eigenvalue weighted by molar-refractivity contribution is -0.386. The highest BCUT2D eigenvalue weighted by Crippen LogP contribution is 2.32. The highest BCUT2D eigenvalue weighted by molar-refractivity contribution is 9.10. The molecule has 5 heteroatoms. The Balaban J connectivity index is 3.43. The van der Waals surface area contributed by atoms with Gasteiger partial charge >= 0.3 is 0 Å². The summed E-state index contributed by atoms with van der Waals surface area (Å²) in [6.07, 6.45) is 0. The molecule has 0 atom stereocenters. The molecule has 0 amide bonds. The molecule has 0 unspecified atom stereocenters. The van der Waals surface area contributed by atoms with Crippen molar-refractivity contribution in [1.82, 2.24) is 0 Å². The maximum Gasteiger partial charge on any atom is 0.287 e. The molecule has 0 heterocycles. The second-order valence-corrected chi connectivity index (χ2v) is 3.52. The molecule has 0 bridgehead atoms. The molecule has 0 aromatic heterocycles. The van der Waals surface area contributed by atoms with E-state index in [-0.39, 0.29) is 5.69 Å². The normalized spacial score (nSPS) is 9.92. The lowest BCUT2D eigenvalue weighted by Crippen LogP contribution is -1.93. The SMILES string of the molecule is Cc1c(Cl)ccc(Br)c1[N+](=O)[O-]. The largest absolute Gasteiger partial charge is 0.287 e. The number of halogens is 2. The van der Waals surface area contributed by atoms with E-state index in [1.807, 2.05) is 0 Å². The van der Waals surface area contributed by atoms with Crippen LogP contribution in [0, 0.1) is 17.0 Å². The molecular weight excluding hydrogens is 245 g/mol. The average Bonchev–Trinajstić information content (AvgIpc) is 1.97. The minimum atomic E-state index is -0.453. The summed E-state index contributed by atoms with van der Waals surface area (Å²) in [7, 11) is 0. The molecule has 0 spiro atoms. The van der Waals surface area contributed by atoms with E-state index >= 15 is 0 Å². The predicted octanol–water partition coefficient (Wildman–Crippen LogP) is 3.32. The van der Waals surface area contributed by atoms with Gasteiger partial charge in [-0.15, -0.1) is 0 Å². The summed E-state index contributed by atoms with van der Waals surface area (Å²) in [5.74, 6) is 0. The highest BCUT2D eigenvalue weighted by atomic mass is 79.9. The first-order valence-electron chi connectivity index (χ1n) is 3.13. The van der Waals surface area contributed by atoms with Crippen LogP contribution in [0.5, 0.6) is 0 Å². The van der Waals surface area contributed by atoms with Gasteiger partial charge in [0.25, 0.3) is 5.69 Å². The zero-order valence-electron chi connectivity index (χ0n) is 6.17. The molecule has 0 saturated heterocycles. The summed E-state index contributed by atoms with van der Waals surface area (Å²) in [4.78, 5) is 10.1. The van der Waals surface area contributed by atoms with Crippen LogP contribution >= 0.6 is 27.5 Å². The van der Waals surface area contributed by atoms with E-state index in [1.165, 1.54) is 0 Å². The molecule has 64 valence electrons. The van der Waals surface area contributed by atoms with Gasteiger partial charge < -0.3 is 0 Å². The molecule has 0 radical (unpaired) electrons. The second-order valence-electron chi connectivity index (χ2n) is 2.26. The topological polar surface area (TPSA) is 43.1 Å². The highest BCUT2D eigenvalue weighted by Gasteiger charge is 2.17. The van der Waals surface area contributed by atoms with Crippen molar-refractivity contribution in [3.05, 3.63) is 37.3 Å². The fourth-order valence-electron chi connectivity index (χ4n) is 0.867. The molecule has 1 rings (SSSR count). The second kappa shape index (κ2) is 3.41. The van der Waals surface area contributed by atoms with E-state index in [9.17, 15) is 10.1 Å². The van der Waals surface area contributed by atoms with Gasteiger partial charge in [-0.1, -0.05) is 11.6 Å². The molecule has 12 heavy (non-hydrogen) atoms. The predicted molar refractivity (Wildman–Crippen MR) is 50.5 cm³/mol. The minimum Gasteiger partial charge on any atom is -0.258 e. The summed E-state index contributed by atoms with van der Waals surface area (Å²) in [6.45, 7) is 1.62.